The Morgan fingerprint density at radius 2 is 1.65 bits per heavy atom. The molecule has 4 aromatic rings. The van der Waals surface area contributed by atoms with Crippen LogP contribution in [-0.4, -0.2) is 52.6 Å². The lowest BCUT2D eigenvalue weighted by Crippen LogP contribution is -2.30. The topological polar surface area (TPSA) is 84.0 Å². The van der Waals surface area contributed by atoms with Gasteiger partial charge in [0.25, 0.3) is 5.17 Å². The molecule has 190 valence electrons. The van der Waals surface area contributed by atoms with Crippen molar-refractivity contribution in [2.24, 2.45) is 0 Å². The first-order chi connectivity index (χ1) is 18.0. The van der Waals surface area contributed by atoms with Gasteiger partial charge in [0.15, 0.2) is 6.10 Å². The van der Waals surface area contributed by atoms with Crippen molar-refractivity contribution >= 4 is 28.7 Å². The number of hydrogen-bond donors (Lipinski definition) is 2. The number of aromatic hydroxyl groups is 1. The van der Waals surface area contributed by atoms with Crippen LogP contribution in [0.2, 0.25) is 0 Å². The van der Waals surface area contributed by atoms with Gasteiger partial charge >= 0.3 is 4.87 Å². The van der Waals surface area contributed by atoms with Crippen LogP contribution < -0.4 is 14.3 Å². The Morgan fingerprint density at radius 1 is 0.973 bits per heavy atom. The summed E-state index contributed by atoms with van der Waals surface area (Å²) in [5.74, 6) is 1.46. The van der Waals surface area contributed by atoms with Crippen LogP contribution >= 0.6 is 23.6 Å². The summed E-state index contributed by atoms with van der Waals surface area (Å²) >= 11 is 6.40. The largest absolute Gasteiger partial charge is 0.494 e. The molecule has 1 aliphatic rings. The fraction of sp³-hybridized carbons (Fsp3) is 0.214. The molecule has 5 rings (SSSR count). The summed E-state index contributed by atoms with van der Waals surface area (Å²) in [6.45, 7) is 2.12. The number of rotatable bonds is 10. The van der Waals surface area contributed by atoms with Gasteiger partial charge in [-0.15, -0.1) is 0 Å². The third-order valence-corrected chi connectivity index (χ3v) is 7.19. The predicted octanol–water partition coefficient (Wildman–Crippen LogP) is 4.84. The summed E-state index contributed by atoms with van der Waals surface area (Å²) in [5, 5.41) is 10.2. The van der Waals surface area contributed by atoms with Gasteiger partial charge in [0, 0.05) is 6.42 Å². The Labute approximate surface area is 223 Å². The number of nitrogens with one attached hydrogen (secondary N) is 1. The summed E-state index contributed by atoms with van der Waals surface area (Å²) in [5.41, 5.74) is 3.29. The van der Waals surface area contributed by atoms with E-state index in [0.29, 0.717) is 42.8 Å². The minimum absolute atomic E-state index is 0.0659. The van der Waals surface area contributed by atoms with Crippen molar-refractivity contribution < 1.29 is 19.3 Å². The third kappa shape index (κ3) is 6.49. The monoisotopic (exact) mass is 534 g/mol. The summed E-state index contributed by atoms with van der Waals surface area (Å²) in [6.07, 6.45) is 0.344. The molecule has 9 heteroatoms. The van der Waals surface area contributed by atoms with Gasteiger partial charge in [-0.05, 0) is 53.2 Å². The first kappa shape index (κ1) is 24.9. The number of thiazole rings is 1. The van der Waals surface area contributed by atoms with Gasteiger partial charge < -0.3 is 24.2 Å². The zero-order valence-electron chi connectivity index (χ0n) is 20.0. The van der Waals surface area contributed by atoms with Gasteiger partial charge in [0.2, 0.25) is 5.88 Å². The van der Waals surface area contributed by atoms with E-state index in [2.05, 4.69) is 17.1 Å². The molecule has 1 fully saturated rings. The van der Waals surface area contributed by atoms with Crippen LogP contribution in [0.25, 0.3) is 11.1 Å². The van der Waals surface area contributed by atoms with E-state index in [0.717, 1.165) is 34.0 Å². The highest BCUT2D eigenvalue weighted by Crippen LogP contribution is 2.24. The van der Waals surface area contributed by atoms with Gasteiger partial charge in [-0.1, -0.05) is 65.9 Å². The first-order valence-corrected chi connectivity index (χ1v) is 13.1. The maximum Gasteiger partial charge on any atom is 0.307 e. The quantitative estimate of drug-likeness (QED) is 0.282. The summed E-state index contributed by atoms with van der Waals surface area (Å²) in [4.78, 5) is 16.1. The van der Waals surface area contributed by atoms with E-state index in [1.165, 1.54) is 5.56 Å². The molecule has 1 aromatic heterocycles. The second-order valence-corrected chi connectivity index (χ2v) is 10.0. The van der Waals surface area contributed by atoms with E-state index in [9.17, 15) is 9.90 Å². The van der Waals surface area contributed by atoms with Crippen LogP contribution in [0.4, 0.5) is 0 Å². The second-order valence-electron chi connectivity index (χ2n) is 8.61. The lowest BCUT2D eigenvalue weighted by Gasteiger charge is -2.15. The van der Waals surface area contributed by atoms with Gasteiger partial charge in [0.1, 0.15) is 24.7 Å². The molecule has 7 nitrogen and oxygen atoms in total. The Kier molecular flexibility index (Phi) is 7.72. The van der Waals surface area contributed by atoms with Crippen LogP contribution in [0, 0.1) is 0 Å². The highest BCUT2D eigenvalue weighted by Gasteiger charge is 2.28. The van der Waals surface area contributed by atoms with E-state index in [-0.39, 0.29) is 16.9 Å². The van der Waals surface area contributed by atoms with Gasteiger partial charge in [-0.25, -0.2) is 0 Å². The van der Waals surface area contributed by atoms with Crippen molar-refractivity contribution in [1.29, 1.82) is 0 Å². The number of thiocarbonyl (C=S) groups is 1. The molecule has 3 aromatic carbocycles. The fourth-order valence-corrected chi connectivity index (χ4v) is 5.10. The Bertz CT molecular complexity index is 1380. The molecule has 37 heavy (non-hydrogen) atoms. The van der Waals surface area contributed by atoms with E-state index in [1.54, 1.807) is 0 Å². The van der Waals surface area contributed by atoms with Gasteiger partial charge in [-0.2, -0.15) is 0 Å². The minimum Gasteiger partial charge on any atom is -0.494 e. The maximum absolute atomic E-state index is 11.3. The van der Waals surface area contributed by atoms with Gasteiger partial charge in [-0.3, -0.25) is 9.78 Å². The Hall–Kier alpha value is -3.82. The van der Waals surface area contributed by atoms with Crippen LogP contribution in [0.15, 0.2) is 83.7 Å². The summed E-state index contributed by atoms with van der Waals surface area (Å²) in [6, 6.07) is 25.8. The van der Waals surface area contributed by atoms with Crippen LogP contribution in [0.3, 0.4) is 0 Å². The number of benzene rings is 3. The van der Waals surface area contributed by atoms with E-state index >= 15 is 0 Å². The third-order valence-electron chi connectivity index (χ3n) is 5.97. The molecule has 0 radical (unpaired) electrons. The zero-order valence-corrected chi connectivity index (χ0v) is 21.6. The molecule has 1 aliphatic heterocycles. The average molecular weight is 535 g/mol. The molecular formula is C28H26N2O5S2. The standard InChI is InChI=1S/C28H26N2O5S2/c31-26-25(37-27(32)29-26)16-19-6-10-22(11-7-19)33-15-14-30-17-24(35-28(30)36)18-34-23-12-8-21(9-13-23)20-4-2-1-3-5-20/h1-13,24,31H,14-18H2,(H,29,32). The number of hydrogen-bond acceptors (Lipinski definition) is 7. The Balaban J connectivity index is 1.04. The van der Waals surface area contributed by atoms with E-state index in [1.807, 2.05) is 71.6 Å². The van der Waals surface area contributed by atoms with E-state index in [4.69, 9.17) is 26.4 Å². The second kappa shape index (κ2) is 11.5. The predicted molar refractivity (Wildman–Crippen MR) is 148 cm³/mol. The zero-order chi connectivity index (χ0) is 25.6. The smallest absolute Gasteiger partial charge is 0.307 e. The van der Waals surface area contributed by atoms with Crippen LogP contribution in [0.1, 0.15) is 10.4 Å². The molecule has 1 atom stereocenters. The molecule has 0 saturated carbocycles. The number of aromatic nitrogens is 1. The summed E-state index contributed by atoms with van der Waals surface area (Å²) < 4.78 is 17.6. The number of nitrogens with zero attached hydrogens (tertiary/aromatic N) is 1. The number of H-pyrrole nitrogens is 1. The molecule has 0 spiro atoms. The average Bonchev–Trinajstić information content (AvgIpc) is 3.44. The molecule has 1 unspecified atom stereocenters. The van der Waals surface area contributed by atoms with Gasteiger partial charge in [0.05, 0.1) is 18.0 Å². The first-order valence-electron chi connectivity index (χ1n) is 11.9. The fourth-order valence-electron chi connectivity index (χ4n) is 4.04. The Morgan fingerprint density at radius 3 is 2.35 bits per heavy atom. The molecular weight excluding hydrogens is 508 g/mol. The highest BCUT2D eigenvalue weighted by atomic mass is 32.1. The normalized spacial score (nSPS) is 15.0. The summed E-state index contributed by atoms with van der Waals surface area (Å²) in [7, 11) is 0. The SMILES string of the molecule is O=c1[nH]c(O)c(Cc2ccc(OCCN3CC(COc4ccc(-c5ccccc5)cc4)OC3=S)cc2)s1. The molecule has 0 bridgehead atoms. The van der Waals surface area contributed by atoms with Crippen molar-refractivity contribution in [2.45, 2.75) is 12.5 Å². The number of ether oxygens (including phenoxy) is 3. The molecule has 2 heterocycles. The van der Waals surface area contributed by atoms with Crippen LogP contribution in [-0.2, 0) is 11.2 Å². The van der Waals surface area contributed by atoms with Crippen molar-refractivity contribution in [1.82, 2.24) is 9.88 Å². The minimum atomic E-state index is -0.262. The molecule has 1 saturated heterocycles. The van der Waals surface area contributed by atoms with Crippen molar-refractivity contribution in [3.63, 3.8) is 0 Å². The van der Waals surface area contributed by atoms with Crippen molar-refractivity contribution in [3.05, 3.63) is 99.0 Å². The molecule has 0 aliphatic carbocycles. The van der Waals surface area contributed by atoms with Crippen molar-refractivity contribution in [2.75, 3.05) is 26.3 Å². The van der Waals surface area contributed by atoms with E-state index < -0.39 is 0 Å². The van der Waals surface area contributed by atoms with Crippen molar-refractivity contribution in [3.8, 4) is 28.5 Å². The lowest BCUT2D eigenvalue weighted by molar-refractivity contribution is 0.147. The van der Waals surface area contributed by atoms with Crippen LogP contribution in [0.5, 0.6) is 17.4 Å². The molecule has 0 amide bonds. The highest BCUT2D eigenvalue weighted by molar-refractivity contribution is 7.80. The lowest BCUT2D eigenvalue weighted by atomic mass is 10.1. The number of aromatic amines is 1. The molecule has 2 N–H and O–H groups in total. The maximum atomic E-state index is 11.3.